The molecule has 0 aromatic carbocycles. The van der Waals surface area contributed by atoms with Crippen LogP contribution >= 0.6 is 0 Å². The lowest BCUT2D eigenvalue weighted by molar-refractivity contribution is -0.134. The van der Waals surface area contributed by atoms with Crippen molar-refractivity contribution in [2.75, 3.05) is 39.8 Å². The molecule has 0 spiro atoms. The number of hydrogen-bond acceptors (Lipinski definition) is 3. The summed E-state index contributed by atoms with van der Waals surface area (Å²) < 4.78 is 0. The number of piperazine rings is 1. The van der Waals surface area contributed by atoms with E-state index in [9.17, 15) is 14.4 Å². The molecule has 0 radical (unpaired) electrons. The lowest BCUT2D eigenvalue weighted by Crippen LogP contribution is -2.56. The number of urea groups is 1. The lowest BCUT2D eigenvalue weighted by Gasteiger charge is -2.34. The summed E-state index contributed by atoms with van der Waals surface area (Å²) in [6.07, 6.45) is 0.629. The number of nitrogens with one attached hydrogen (secondary N) is 1. The lowest BCUT2D eigenvalue weighted by atomic mass is 10.2. The fourth-order valence-corrected chi connectivity index (χ4v) is 2.41. The maximum atomic E-state index is 12.0. The molecular weight excluding hydrogens is 248 g/mol. The van der Waals surface area contributed by atoms with Crippen LogP contribution in [0.1, 0.15) is 13.3 Å². The summed E-state index contributed by atoms with van der Waals surface area (Å²) in [6, 6.07) is -0.769. The van der Waals surface area contributed by atoms with E-state index in [2.05, 4.69) is 5.32 Å². The first-order chi connectivity index (χ1) is 9.02. The van der Waals surface area contributed by atoms with Gasteiger partial charge in [0.1, 0.15) is 12.6 Å². The molecule has 0 bridgehead atoms. The minimum atomic E-state index is -0.447. The molecule has 1 N–H and O–H groups in total. The van der Waals surface area contributed by atoms with Crippen LogP contribution in [-0.4, -0.2) is 78.4 Å². The highest BCUT2D eigenvalue weighted by atomic mass is 16.2. The van der Waals surface area contributed by atoms with Gasteiger partial charge in [-0.3, -0.25) is 9.59 Å². The molecule has 2 aliphatic rings. The van der Waals surface area contributed by atoms with Gasteiger partial charge in [-0.2, -0.15) is 0 Å². The molecule has 19 heavy (non-hydrogen) atoms. The van der Waals surface area contributed by atoms with Gasteiger partial charge in [0, 0.05) is 33.2 Å². The summed E-state index contributed by atoms with van der Waals surface area (Å²) in [6.45, 7) is 4.41. The first-order valence-corrected chi connectivity index (χ1v) is 6.61. The predicted octanol–water partition coefficient (Wildman–Crippen LogP) is -0.909. The zero-order valence-electron chi connectivity index (χ0n) is 11.4. The molecule has 1 unspecified atom stereocenters. The van der Waals surface area contributed by atoms with Gasteiger partial charge in [-0.25, -0.2) is 4.79 Å². The zero-order valence-corrected chi connectivity index (χ0v) is 11.4. The minimum absolute atomic E-state index is 0.0428. The molecule has 2 heterocycles. The molecule has 0 saturated carbocycles. The van der Waals surface area contributed by atoms with Crippen molar-refractivity contribution in [2.24, 2.45) is 0 Å². The molecule has 2 fully saturated rings. The number of nitrogens with zero attached hydrogens (tertiary/aromatic N) is 3. The van der Waals surface area contributed by atoms with Crippen LogP contribution in [-0.2, 0) is 9.59 Å². The average molecular weight is 268 g/mol. The summed E-state index contributed by atoms with van der Waals surface area (Å²) in [4.78, 5) is 40.2. The normalized spacial score (nSPS) is 24.1. The van der Waals surface area contributed by atoms with E-state index in [-0.39, 0.29) is 24.4 Å². The Bertz CT molecular complexity index is 398. The molecular formula is C12H20N4O3. The standard InChI is InChI=1S/C12H20N4O3/c1-3-15-6-7-16(8-10(15)17)12(19)13-9-4-5-14(2)11(9)18/h9H,3-8H2,1-2H3,(H,13,19). The van der Waals surface area contributed by atoms with Gasteiger partial charge in [-0.05, 0) is 13.3 Å². The van der Waals surface area contributed by atoms with Gasteiger partial charge in [0.25, 0.3) is 0 Å². The Balaban J connectivity index is 1.88. The van der Waals surface area contributed by atoms with Crippen LogP contribution < -0.4 is 5.32 Å². The second kappa shape index (κ2) is 5.46. The van der Waals surface area contributed by atoms with Crippen molar-refractivity contribution < 1.29 is 14.4 Å². The summed E-state index contributed by atoms with van der Waals surface area (Å²) in [5.41, 5.74) is 0. The van der Waals surface area contributed by atoms with Gasteiger partial charge in [0.15, 0.2) is 0 Å². The minimum Gasteiger partial charge on any atom is -0.344 e. The topological polar surface area (TPSA) is 73.0 Å². The Kier molecular flexibility index (Phi) is 3.92. The molecule has 0 aliphatic carbocycles. The van der Waals surface area contributed by atoms with Crippen molar-refractivity contribution in [2.45, 2.75) is 19.4 Å². The number of amides is 4. The number of carbonyl (C=O) groups excluding carboxylic acids is 3. The first kappa shape index (κ1) is 13.6. The van der Waals surface area contributed by atoms with Gasteiger partial charge in [0.2, 0.25) is 11.8 Å². The average Bonchev–Trinajstić information content (AvgIpc) is 2.70. The second-order valence-corrected chi connectivity index (χ2v) is 4.95. The van der Waals surface area contributed by atoms with E-state index in [1.165, 1.54) is 4.90 Å². The van der Waals surface area contributed by atoms with Crippen LogP contribution in [0.25, 0.3) is 0 Å². The molecule has 106 valence electrons. The van der Waals surface area contributed by atoms with Gasteiger partial charge in [0.05, 0.1) is 0 Å². The molecule has 1 atom stereocenters. The Morgan fingerprint density at radius 1 is 1.32 bits per heavy atom. The molecule has 4 amide bonds. The van der Waals surface area contributed by atoms with Crippen molar-refractivity contribution in [3.8, 4) is 0 Å². The largest absolute Gasteiger partial charge is 0.344 e. The number of likely N-dealkylation sites (tertiary alicyclic amines) is 1. The molecule has 2 rings (SSSR count). The predicted molar refractivity (Wildman–Crippen MR) is 68.4 cm³/mol. The van der Waals surface area contributed by atoms with Crippen molar-refractivity contribution >= 4 is 17.8 Å². The first-order valence-electron chi connectivity index (χ1n) is 6.61. The second-order valence-electron chi connectivity index (χ2n) is 4.95. The van der Waals surface area contributed by atoms with E-state index in [1.54, 1.807) is 16.8 Å². The van der Waals surface area contributed by atoms with Gasteiger partial charge < -0.3 is 20.0 Å². The van der Waals surface area contributed by atoms with Crippen molar-refractivity contribution in [1.29, 1.82) is 0 Å². The number of rotatable bonds is 2. The van der Waals surface area contributed by atoms with Crippen molar-refractivity contribution in [3.63, 3.8) is 0 Å². The van der Waals surface area contributed by atoms with Crippen LogP contribution in [0.5, 0.6) is 0 Å². The third-order valence-electron chi connectivity index (χ3n) is 3.71. The fraction of sp³-hybridized carbons (Fsp3) is 0.750. The number of carbonyl (C=O) groups is 3. The highest BCUT2D eigenvalue weighted by molar-refractivity contribution is 5.90. The fourth-order valence-electron chi connectivity index (χ4n) is 2.41. The maximum Gasteiger partial charge on any atom is 0.318 e. The number of likely N-dealkylation sites (N-methyl/N-ethyl adjacent to an activating group) is 2. The third kappa shape index (κ3) is 2.80. The van der Waals surface area contributed by atoms with Gasteiger partial charge >= 0.3 is 6.03 Å². The molecule has 0 aromatic rings. The summed E-state index contributed by atoms with van der Waals surface area (Å²) in [5, 5.41) is 2.71. The molecule has 2 saturated heterocycles. The van der Waals surface area contributed by atoms with Crippen molar-refractivity contribution in [1.82, 2.24) is 20.0 Å². The van der Waals surface area contributed by atoms with E-state index in [1.807, 2.05) is 6.92 Å². The monoisotopic (exact) mass is 268 g/mol. The summed E-state index contributed by atoms with van der Waals surface area (Å²) >= 11 is 0. The maximum absolute atomic E-state index is 12.0. The van der Waals surface area contributed by atoms with E-state index in [0.29, 0.717) is 32.6 Å². The molecule has 2 aliphatic heterocycles. The number of hydrogen-bond donors (Lipinski definition) is 1. The Labute approximate surface area is 112 Å². The highest BCUT2D eigenvalue weighted by Gasteiger charge is 2.33. The van der Waals surface area contributed by atoms with E-state index >= 15 is 0 Å². The third-order valence-corrected chi connectivity index (χ3v) is 3.71. The van der Waals surface area contributed by atoms with E-state index in [4.69, 9.17) is 0 Å². The van der Waals surface area contributed by atoms with E-state index < -0.39 is 6.04 Å². The van der Waals surface area contributed by atoms with Crippen LogP contribution in [0, 0.1) is 0 Å². The van der Waals surface area contributed by atoms with Crippen LogP contribution in [0.15, 0.2) is 0 Å². The Hall–Kier alpha value is -1.79. The van der Waals surface area contributed by atoms with Crippen LogP contribution in [0.4, 0.5) is 4.79 Å². The summed E-state index contributed by atoms with van der Waals surface area (Å²) in [5.74, 6) is -0.106. The smallest absolute Gasteiger partial charge is 0.318 e. The van der Waals surface area contributed by atoms with Crippen LogP contribution in [0.3, 0.4) is 0 Å². The Morgan fingerprint density at radius 2 is 2.05 bits per heavy atom. The van der Waals surface area contributed by atoms with Gasteiger partial charge in [-0.15, -0.1) is 0 Å². The van der Waals surface area contributed by atoms with Crippen LogP contribution in [0.2, 0.25) is 0 Å². The SMILES string of the molecule is CCN1CCN(C(=O)NC2CCN(C)C2=O)CC1=O. The van der Waals surface area contributed by atoms with Gasteiger partial charge in [-0.1, -0.05) is 0 Å². The molecule has 7 heteroatoms. The zero-order chi connectivity index (χ0) is 14.0. The van der Waals surface area contributed by atoms with E-state index in [0.717, 1.165) is 0 Å². The quantitative estimate of drug-likeness (QED) is 0.705. The Morgan fingerprint density at radius 3 is 2.58 bits per heavy atom. The highest BCUT2D eigenvalue weighted by Crippen LogP contribution is 2.10. The molecule has 7 nitrogen and oxygen atoms in total. The molecule has 0 aromatic heterocycles. The summed E-state index contributed by atoms with van der Waals surface area (Å²) in [7, 11) is 1.72. The van der Waals surface area contributed by atoms with Crippen molar-refractivity contribution in [3.05, 3.63) is 0 Å².